The van der Waals surface area contributed by atoms with Gasteiger partial charge in [0.2, 0.25) is 3.79 Å². The van der Waals surface area contributed by atoms with Crippen LogP contribution in [0, 0.1) is 0 Å². The molecule has 0 aliphatic carbocycles. The van der Waals surface area contributed by atoms with Crippen LogP contribution in [0.25, 0.3) is 11.0 Å². The summed E-state index contributed by atoms with van der Waals surface area (Å²) in [6, 6.07) is 3.54. The quantitative estimate of drug-likeness (QED) is 0.520. The highest BCUT2D eigenvalue weighted by Gasteiger charge is 2.32. The van der Waals surface area contributed by atoms with E-state index in [4.69, 9.17) is 39.2 Å². The van der Waals surface area contributed by atoms with Gasteiger partial charge >= 0.3 is 11.8 Å². The van der Waals surface area contributed by atoms with E-state index in [1.54, 1.807) is 0 Å². The Morgan fingerprint density at radius 3 is 2.21 bits per heavy atom. The molecule has 0 saturated heterocycles. The number of hydrogen-bond donors (Lipinski definition) is 0. The van der Waals surface area contributed by atoms with Crippen LogP contribution in [0.4, 0.5) is 13.2 Å². The molecule has 0 aliphatic rings. The molecule has 19 heavy (non-hydrogen) atoms. The van der Waals surface area contributed by atoms with Gasteiger partial charge in [-0.15, -0.1) is 0 Å². The zero-order valence-corrected chi connectivity index (χ0v) is 11.2. The fourth-order valence-electron chi connectivity index (χ4n) is 1.57. The third-order valence-electron chi connectivity index (χ3n) is 2.38. The fourth-order valence-corrected chi connectivity index (χ4v) is 2.04. The molecule has 0 spiro atoms. The van der Waals surface area contributed by atoms with Crippen molar-refractivity contribution in [3.63, 3.8) is 0 Å². The second kappa shape index (κ2) is 4.58. The maximum absolute atomic E-state index is 12.6. The normalized spacial score (nSPS) is 12.9. The molecule has 102 valence electrons. The van der Waals surface area contributed by atoms with Gasteiger partial charge in [-0.2, -0.15) is 13.2 Å². The Balaban J connectivity index is 2.80. The average molecular weight is 332 g/mol. The Hall–Kier alpha value is -0.910. The summed E-state index contributed by atoms with van der Waals surface area (Å²) in [5.41, 5.74) is -2.17. The molecule has 2 rings (SSSR count). The van der Waals surface area contributed by atoms with Crippen molar-refractivity contribution in [3.8, 4) is 0 Å². The standard InChI is InChI=1S/C11H4Cl3F3O2/c12-10(13,14)7-4-9(18)19-8-3-5(11(15,16)17)1-2-6(7)8/h1-4H. The molecule has 0 bridgehead atoms. The van der Waals surface area contributed by atoms with Gasteiger partial charge in [0.1, 0.15) is 5.58 Å². The topological polar surface area (TPSA) is 30.2 Å². The van der Waals surface area contributed by atoms with Crippen LogP contribution in [-0.4, -0.2) is 0 Å². The van der Waals surface area contributed by atoms with E-state index < -0.39 is 21.2 Å². The molecule has 0 atom stereocenters. The summed E-state index contributed by atoms with van der Waals surface area (Å²) < 4.78 is 40.4. The minimum absolute atomic E-state index is 0.0301. The lowest BCUT2D eigenvalue weighted by atomic mass is 10.1. The first kappa shape index (κ1) is 14.5. The minimum Gasteiger partial charge on any atom is -0.423 e. The summed E-state index contributed by atoms with van der Waals surface area (Å²) in [6.45, 7) is 0. The number of hydrogen-bond acceptors (Lipinski definition) is 2. The zero-order chi connectivity index (χ0) is 14.4. The van der Waals surface area contributed by atoms with Gasteiger partial charge in [-0.25, -0.2) is 4.79 Å². The highest BCUT2D eigenvalue weighted by Crippen LogP contribution is 2.41. The van der Waals surface area contributed by atoms with E-state index in [1.165, 1.54) is 0 Å². The molecule has 2 nitrogen and oxygen atoms in total. The first-order valence-electron chi connectivity index (χ1n) is 4.81. The molecule has 1 aromatic heterocycles. The lowest BCUT2D eigenvalue weighted by Gasteiger charge is -2.14. The summed E-state index contributed by atoms with van der Waals surface area (Å²) >= 11 is 17.0. The van der Waals surface area contributed by atoms with Gasteiger partial charge in [-0.1, -0.05) is 40.9 Å². The molecule has 0 saturated carbocycles. The van der Waals surface area contributed by atoms with Crippen molar-refractivity contribution < 1.29 is 17.6 Å². The molecule has 2 aromatic rings. The summed E-state index contributed by atoms with van der Waals surface area (Å²) in [7, 11) is 0. The van der Waals surface area contributed by atoms with Gasteiger partial charge < -0.3 is 4.42 Å². The smallest absolute Gasteiger partial charge is 0.416 e. The maximum Gasteiger partial charge on any atom is 0.416 e. The number of halogens is 6. The largest absolute Gasteiger partial charge is 0.423 e. The maximum atomic E-state index is 12.6. The molecule has 0 unspecified atom stereocenters. The number of rotatable bonds is 0. The molecule has 8 heteroatoms. The number of fused-ring (bicyclic) bond motifs is 1. The molecule has 0 aliphatic heterocycles. The second-order valence-electron chi connectivity index (χ2n) is 3.69. The molecule has 0 fully saturated rings. The zero-order valence-electron chi connectivity index (χ0n) is 8.89. The molecule has 0 amide bonds. The third kappa shape index (κ3) is 2.99. The van der Waals surface area contributed by atoms with E-state index in [2.05, 4.69) is 0 Å². The van der Waals surface area contributed by atoms with Gasteiger partial charge in [0, 0.05) is 17.0 Å². The van der Waals surface area contributed by atoms with Crippen molar-refractivity contribution in [2.75, 3.05) is 0 Å². The number of alkyl halides is 6. The second-order valence-corrected chi connectivity index (χ2v) is 5.97. The van der Waals surface area contributed by atoms with E-state index in [-0.39, 0.29) is 16.5 Å². The van der Waals surface area contributed by atoms with Crippen LogP contribution in [0.2, 0.25) is 0 Å². The van der Waals surface area contributed by atoms with Crippen LogP contribution in [0.1, 0.15) is 11.1 Å². The monoisotopic (exact) mass is 330 g/mol. The van der Waals surface area contributed by atoms with E-state index >= 15 is 0 Å². The Bertz CT molecular complexity index is 686. The number of benzene rings is 1. The first-order chi connectivity index (χ1) is 8.59. The lowest BCUT2D eigenvalue weighted by Crippen LogP contribution is -2.09. The fraction of sp³-hybridized carbons (Fsp3) is 0.182. The van der Waals surface area contributed by atoms with E-state index in [0.717, 1.165) is 18.2 Å². The van der Waals surface area contributed by atoms with E-state index in [1.807, 2.05) is 0 Å². The van der Waals surface area contributed by atoms with Crippen LogP contribution in [0.3, 0.4) is 0 Å². The molecule has 0 radical (unpaired) electrons. The minimum atomic E-state index is -4.55. The van der Waals surface area contributed by atoms with Crippen LogP contribution >= 0.6 is 34.8 Å². The van der Waals surface area contributed by atoms with Crippen molar-refractivity contribution >= 4 is 45.8 Å². The van der Waals surface area contributed by atoms with Gasteiger partial charge in [0.05, 0.1) is 5.56 Å². The predicted molar refractivity (Wildman–Crippen MR) is 66.7 cm³/mol. The Kier molecular flexibility index (Phi) is 3.49. The predicted octanol–water partition coefficient (Wildman–Crippen LogP) is 4.64. The molecule has 1 aromatic carbocycles. The summed E-state index contributed by atoms with van der Waals surface area (Å²) in [5, 5.41) is 0.132. The van der Waals surface area contributed by atoms with Crippen molar-refractivity contribution in [2.24, 2.45) is 0 Å². The van der Waals surface area contributed by atoms with Crippen LogP contribution in [-0.2, 0) is 9.97 Å². The van der Waals surface area contributed by atoms with Gasteiger partial charge in [-0.3, -0.25) is 0 Å². The highest BCUT2D eigenvalue weighted by molar-refractivity contribution is 6.67. The van der Waals surface area contributed by atoms with Crippen molar-refractivity contribution in [3.05, 3.63) is 45.8 Å². The SMILES string of the molecule is O=c1cc(C(Cl)(Cl)Cl)c2ccc(C(F)(F)F)cc2o1. The summed E-state index contributed by atoms with van der Waals surface area (Å²) in [4.78, 5) is 11.3. The highest BCUT2D eigenvalue weighted by atomic mass is 35.6. The Labute approximate surface area is 119 Å². The van der Waals surface area contributed by atoms with Gasteiger partial charge in [0.25, 0.3) is 0 Å². The van der Waals surface area contributed by atoms with Crippen molar-refractivity contribution in [1.29, 1.82) is 0 Å². The van der Waals surface area contributed by atoms with Gasteiger partial charge in [-0.05, 0) is 12.1 Å². The Morgan fingerprint density at radius 2 is 1.68 bits per heavy atom. The average Bonchev–Trinajstić information content (AvgIpc) is 2.24. The summed E-state index contributed by atoms with van der Waals surface area (Å²) in [6.07, 6.45) is -4.55. The van der Waals surface area contributed by atoms with Crippen molar-refractivity contribution in [2.45, 2.75) is 9.97 Å². The van der Waals surface area contributed by atoms with E-state index in [9.17, 15) is 18.0 Å². The summed E-state index contributed by atoms with van der Waals surface area (Å²) in [5.74, 6) is 0. The van der Waals surface area contributed by atoms with Crippen LogP contribution < -0.4 is 5.63 Å². The third-order valence-corrected chi connectivity index (χ3v) is 2.99. The van der Waals surface area contributed by atoms with Crippen LogP contribution in [0.5, 0.6) is 0 Å². The molecule has 0 N–H and O–H groups in total. The Morgan fingerprint density at radius 1 is 1.05 bits per heavy atom. The lowest BCUT2D eigenvalue weighted by molar-refractivity contribution is -0.137. The first-order valence-corrected chi connectivity index (χ1v) is 5.95. The molecular weight excluding hydrogens is 327 g/mol. The molecular formula is C11H4Cl3F3O2. The molecule has 1 heterocycles. The van der Waals surface area contributed by atoms with Crippen LogP contribution in [0.15, 0.2) is 33.5 Å². The van der Waals surface area contributed by atoms with Gasteiger partial charge in [0.15, 0.2) is 0 Å². The van der Waals surface area contributed by atoms with E-state index in [0.29, 0.717) is 6.07 Å². The van der Waals surface area contributed by atoms with Crippen molar-refractivity contribution in [1.82, 2.24) is 0 Å².